The zero-order chi connectivity index (χ0) is 15.9. The Labute approximate surface area is 136 Å². The Morgan fingerprint density at radius 1 is 1.32 bits per heavy atom. The Balaban J connectivity index is 0.000000847. The molecule has 0 bridgehead atoms. The highest BCUT2D eigenvalue weighted by atomic mass is 32.2. The van der Waals surface area contributed by atoms with Gasteiger partial charge >= 0.3 is 0 Å². The van der Waals surface area contributed by atoms with Gasteiger partial charge < -0.3 is 19.8 Å². The van der Waals surface area contributed by atoms with E-state index in [2.05, 4.69) is 17.0 Å². The Kier molecular flexibility index (Phi) is 6.54. The van der Waals surface area contributed by atoms with E-state index in [1.54, 1.807) is 7.11 Å². The van der Waals surface area contributed by atoms with Crippen molar-refractivity contribution in [2.24, 2.45) is 4.99 Å². The quantitative estimate of drug-likeness (QED) is 0.886. The molecule has 2 N–H and O–H groups in total. The molecule has 2 saturated heterocycles. The fraction of sp³-hybridized carbons (Fsp3) is 0.562. The van der Waals surface area contributed by atoms with Crippen molar-refractivity contribution in [3.8, 4) is 5.75 Å². The minimum Gasteiger partial charge on any atom is -0.497 e. The number of thioether (sulfide) groups is 1. The second kappa shape index (κ2) is 8.41. The lowest BCUT2D eigenvalue weighted by Crippen LogP contribution is -2.43. The molecule has 0 aliphatic carbocycles. The molecule has 22 heavy (non-hydrogen) atoms. The van der Waals surface area contributed by atoms with Crippen molar-refractivity contribution < 1.29 is 14.9 Å². The molecule has 1 aromatic rings. The van der Waals surface area contributed by atoms with Gasteiger partial charge in [-0.05, 0) is 30.5 Å². The number of hydrogen-bond donors (Lipinski definition) is 2. The molecule has 0 saturated carbocycles. The van der Waals surface area contributed by atoms with E-state index in [1.165, 1.54) is 5.56 Å². The van der Waals surface area contributed by atoms with Crippen molar-refractivity contribution in [2.45, 2.75) is 31.5 Å². The number of ether oxygens (including phenoxy) is 1. The van der Waals surface area contributed by atoms with Gasteiger partial charge in [0.1, 0.15) is 5.75 Å². The van der Waals surface area contributed by atoms with Crippen molar-refractivity contribution in [3.63, 3.8) is 0 Å². The number of amidine groups is 1. The first kappa shape index (κ1) is 17.1. The third kappa shape index (κ3) is 4.15. The maximum atomic E-state index is 9.71. The van der Waals surface area contributed by atoms with Crippen LogP contribution < -0.4 is 4.74 Å². The van der Waals surface area contributed by atoms with E-state index in [0.29, 0.717) is 12.6 Å². The molecular formula is C16H24N2O3S. The SMILES string of the molecule is CO.COc1ccc(CN=C2SCC3CC(O)CCN23)cc1. The number of hydrogen-bond acceptors (Lipinski definition) is 5. The van der Waals surface area contributed by atoms with Crippen LogP contribution in [0.2, 0.25) is 0 Å². The third-order valence-electron chi connectivity index (χ3n) is 3.89. The van der Waals surface area contributed by atoms with E-state index >= 15 is 0 Å². The summed E-state index contributed by atoms with van der Waals surface area (Å²) in [7, 11) is 2.68. The Morgan fingerprint density at radius 3 is 2.73 bits per heavy atom. The minimum absolute atomic E-state index is 0.127. The van der Waals surface area contributed by atoms with Gasteiger partial charge in [-0.15, -0.1) is 0 Å². The molecule has 0 spiro atoms. The molecular weight excluding hydrogens is 300 g/mol. The van der Waals surface area contributed by atoms with Crippen LogP contribution in [-0.2, 0) is 6.54 Å². The van der Waals surface area contributed by atoms with Gasteiger partial charge in [-0.25, -0.2) is 0 Å². The summed E-state index contributed by atoms with van der Waals surface area (Å²) in [6.45, 7) is 1.64. The van der Waals surface area contributed by atoms with Gasteiger partial charge in [-0.2, -0.15) is 0 Å². The fourth-order valence-electron chi connectivity index (χ4n) is 2.72. The Hall–Kier alpha value is -1.24. The molecule has 1 aromatic carbocycles. The van der Waals surface area contributed by atoms with Crippen LogP contribution in [0.5, 0.6) is 5.75 Å². The molecule has 2 heterocycles. The summed E-state index contributed by atoms with van der Waals surface area (Å²) in [6, 6.07) is 8.52. The van der Waals surface area contributed by atoms with Gasteiger partial charge in [0.25, 0.3) is 0 Å². The number of rotatable bonds is 3. The van der Waals surface area contributed by atoms with Gasteiger partial charge in [0.2, 0.25) is 0 Å². The molecule has 2 fully saturated rings. The Bertz CT molecular complexity index is 493. The van der Waals surface area contributed by atoms with E-state index in [-0.39, 0.29) is 6.10 Å². The van der Waals surface area contributed by atoms with E-state index in [0.717, 1.165) is 43.2 Å². The van der Waals surface area contributed by atoms with Gasteiger partial charge in [0.15, 0.2) is 5.17 Å². The highest BCUT2D eigenvalue weighted by molar-refractivity contribution is 8.14. The van der Waals surface area contributed by atoms with Gasteiger partial charge in [0, 0.05) is 25.4 Å². The number of benzene rings is 1. The molecule has 2 atom stereocenters. The van der Waals surface area contributed by atoms with Crippen LogP contribution in [-0.4, -0.2) is 58.9 Å². The van der Waals surface area contributed by atoms with Crippen molar-refractivity contribution >= 4 is 16.9 Å². The molecule has 0 aromatic heterocycles. The van der Waals surface area contributed by atoms with E-state index in [9.17, 15) is 5.11 Å². The third-order valence-corrected chi connectivity index (χ3v) is 5.07. The molecule has 0 amide bonds. The second-order valence-electron chi connectivity index (χ2n) is 5.28. The summed E-state index contributed by atoms with van der Waals surface area (Å²) in [5.74, 6) is 1.93. The first-order valence-corrected chi connectivity index (χ1v) is 8.44. The molecule has 0 radical (unpaired) electrons. The van der Waals surface area contributed by atoms with Crippen LogP contribution in [0.4, 0.5) is 0 Å². The second-order valence-corrected chi connectivity index (χ2v) is 6.27. The predicted octanol–water partition coefficient (Wildman–Crippen LogP) is 1.73. The Morgan fingerprint density at radius 2 is 2.05 bits per heavy atom. The number of fused-ring (bicyclic) bond motifs is 1. The summed E-state index contributed by atoms with van der Waals surface area (Å²) in [5, 5.41) is 17.8. The highest BCUT2D eigenvalue weighted by Crippen LogP contribution is 2.31. The van der Waals surface area contributed by atoms with Crippen molar-refractivity contribution in [2.75, 3.05) is 26.5 Å². The predicted molar refractivity (Wildman–Crippen MR) is 90.5 cm³/mol. The zero-order valence-corrected chi connectivity index (χ0v) is 13.9. The molecule has 6 heteroatoms. The number of nitrogens with zero attached hydrogens (tertiary/aromatic N) is 2. The molecule has 2 unspecified atom stereocenters. The fourth-order valence-corrected chi connectivity index (χ4v) is 3.94. The number of aliphatic hydroxyl groups excluding tert-OH is 2. The first-order valence-electron chi connectivity index (χ1n) is 7.46. The van der Waals surface area contributed by atoms with Crippen LogP contribution in [0.3, 0.4) is 0 Å². The maximum absolute atomic E-state index is 9.71. The lowest BCUT2D eigenvalue weighted by atomic mass is 10.0. The average Bonchev–Trinajstić information content (AvgIpc) is 2.97. The molecule has 2 aliphatic heterocycles. The van der Waals surface area contributed by atoms with Crippen LogP contribution in [0.15, 0.2) is 29.3 Å². The number of piperidine rings is 1. The molecule has 5 nitrogen and oxygen atoms in total. The van der Waals surface area contributed by atoms with Crippen LogP contribution >= 0.6 is 11.8 Å². The van der Waals surface area contributed by atoms with Crippen LogP contribution in [0, 0.1) is 0 Å². The van der Waals surface area contributed by atoms with Crippen molar-refractivity contribution in [3.05, 3.63) is 29.8 Å². The minimum atomic E-state index is -0.127. The molecule has 3 rings (SSSR count). The largest absolute Gasteiger partial charge is 0.497 e. The number of methoxy groups -OCH3 is 1. The van der Waals surface area contributed by atoms with Gasteiger partial charge in [-0.3, -0.25) is 4.99 Å². The van der Waals surface area contributed by atoms with E-state index < -0.39 is 0 Å². The topological polar surface area (TPSA) is 65.3 Å². The van der Waals surface area contributed by atoms with Crippen LogP contribution in [0.25, 0.3) is 0 Å². The maximum Gasteiger partial charge on any atom is 0.159 e. The lowest BCUT2D eigenvalue weighted by molar-refractivity contribution is 0.0863. The normalized spacial score (nSPS) is 25.5. The average molecular weight is 324 g/mol. The van der Waals surface area contributed by atoms with Gasteiger partial charge in [0.05, 0.1) is 19.8 Å². The van der Waals surface area contributed by atoms with E-state index in [1.807, 2.05) is 23.9 Å². The summed E-state index contributed by atoms with van der Waals surface area (Å²) in [4.78, 5) is 7.10. The lowest BCUT2D eigenvalue weighted by Gasteiger charge is -2.33. The molecule has 2 aliphatic rings. The zero-order valence-electron chi connectivity index (χ0n) is 13.1. The number of aliphatic hydroxyl groups is 2. The summed E-state index contributed by atoms with van der Waals surface area (Å²) >= 11 is 1.82. The standard InChI is InChI=1S/C15H20N2O2S.CH4O/c1-19-14-4-2-11(3-5-14)9-16-15-17-7-6-13(18)8-12(17)10-20-15;1-2/h2-5,12-13,18H,6-10H2,1H3;2H,1H3. The molecule has 122 valence electrons. The smallest absolute Gasteiger partial charge is 0.159 e. The number of aliphatic imine (C=N–C) groups is 1. The van der Waals surface area contributed by atoms with Crippen LogP contribution in [0.1, 0.15) is 18.4 Å². The van der Waals surface area contributed by atoms with Crippen molar-refractivity contribution in [1.82, 2.24) is 4.90 Å². The first-order chi connectivity index (χ1) is 10.8. The van der Waals surface area contributed by atoms with E-state index in [4.69, 9.17) is 14.8 Å². The summed E-state index contributed by atoms with van der Waals surface area (Å²) < 4.78 is 5.16. The van der Waals surface area contributed by atoms with Gasteiger partial charge in [-0.1, -0.05) is 23.9 Å². The summed E-state index contributed by atoms with van der Waals surface area (Å²) in [6.07, 6.45) is 1.62. The monoisotopic (exact) mass is 324 g/mol. The highest BCUT2D eigenvalue weighted by Gasteiger charge is 2.34. The summed E-state index contributed by atoms with van der Waals surface area (Å²) in [5.41, 5.74) is 1.19. The van der Waals surface area contributed by atoms with Crippen molar-refractivity contribution in [1.29, 1.82) is 0 Å².